The molecular formula is C20H24ClN5O. The maximum Gasteiger partial charge on any atom is 0.274 e. The zero-order valence-corrected chi connectivity index (χ0v) is 16.1. The summed E-state index contributed by atoms with van der Waals surface area (Å²) in [5.74, 6) is 0.829. The molecule has 0 aliphatic carbocycles. The normalized spacial score (nSPS) is 17.9. The van der Waals surface area contributed by atoms with E-state index < -0.39 is 0 Å². The van der Waals surface area contributed by atoms with Gasteiger partial charge >= 0.3 is 0 Å². The zero-order chi connectivity index (χ0) is 18.6. The van der Waals surface area contributed by atoms with Gasteiger partial charge in [-0.1, -0.05) is 17.7 Å². The van der Waals surface area contributed by atoms with Crippen molar-refractivity contribution in [2.75, 3.05) is 49.1 Å². The number of hydrogen-bond acceptors (Lipinski definition) is 5. The number of carbonyl (C=O) groups is 1. The van der Waals surface area contributed by atoms with Crippen molar-refractivity contribution in [1.29, 1.82) is 0 Å². The van der Waals surface area contributed by atoms with E-state index in [1.54, 1.807) is 12.4 Å². The van der Waals surface area contributed by atoms with Crippen molar-refractivity contribution in [3.8, 4) is 0 Å². The van der Waals surface area contributed by atoms with Crippen LogP contribution >= 0.6 is 11.6 Å². The second-order valence-electron chi connectivity index (χ2n) is 7.07. The molecule has 7 heteroatoms. The second-order valence-corrected chi connectivity index (χ2v) is 7.50. The van der Waals surface area contributed by atoms with Gasteiger partial charge in [-0.15, -0.1) is 0 Å². The molecule has 2 aliphatic heterocycles. The summed E-state index contributed by atoms with van der Waals surface area (Å²) in [6, 6.07) is 7.84. The number of amides is 1. The lowest BCUT2D eigenvalue weighted by Gasteiger charge is -2.36. The Labute approximate surface area is 164 Å². The lowest BCUT2D eigenvalue weighted by Crippen LogP contribution is -2.49. The van der Waals surface area contributed by atoms with Crippen LogP contribution in [0.15, 0.2) is 36.7 Å². The highest BCUT2D eigenvalue weighted by Gasteiger charge is 2.24. The summed E-state index contributed by atoms with van der Waals surface area (Å²) in [7, 11) is 0. The van der Waals surface area contributed by atoms with Crippen LogP contribution in [0.1, 0.15) is 29.8 Å². The third-order valence-corrected chi connectivity index (χ3v) is 5.51. The van der Waals surface area contributed by atoms with Gasteiger partial charge in [-0.25, -0.2) is 9.97 Å². The number of rotatable bonds is 3. The highest BCUT2D eigenvalue weighted by Crippen LogP contribution is 2.21. The van der Waals surface area contributed by atoms with Crippen molar-refractivity contribution < 1.29 is 4.79 Å². The molecule has 2 aliphatic rings. The van der Waals surface area contributed by atoms with Crippen molar-refractivity contribution >= 4 is 29.0 Å². The van der Waals surface area contributed by atoms with Crippen LogP contribution in [0.4, 0.5) is 11.5 Å². The molecule has 27 heavy (non-hydrogen) atoms. The molecular weight excluding hydrogens is 362 g/mol. The van der Waals surface area contributed by atoms with E-state index in [1.165, 1.54) is 19.3 Å². The Morgan fingerprint density at radius 2 is 1.67 bits per heavy atom. The molecule has 0 atom stereocenters. The number of hydrogen-bond donors (Lipinski definition) is 0. The highest BCUT2D eigenvalue weighted by molar-refractivity contribution is 6.30. The largest absolute Gasteiger partial charge is 0.368 e. The number of anilines is 2. The average Bonchev–Trinajstić information content (AvgIpc) is 2.74. The molecule has 1 aromatic heterocycles. The average molecular weight is 386 g/mol. The summed E-state index contributed by atoms with van der Waals surface area (Å²) < 4.78 is 0. The molecule has 0 saturated carbocycles. The first kappa shape index (κ1) is 18.0. The van der Waals surface area contributed by atoms with E-state index >= 15 is 0 Å². The Kier molecular flexibility index (Phi) is 5.43. The number of aromatic nitrogens is 2. The quantitative estimate of drug-likeness (QED) is 0.812. The van der Waals surface area contributed by atoms with Crippen LogP contribution in [-0.4, -0.2) is 60.0 Å². The maximum absolute atomic E-state index is 12.8. The predicted molar refractivity (Wildman–Crippen MR) is 108 cm³/mol. The molecule has 0 unspecified atom stereocenters. The van der Waals surface area contributed by atoms with Gasteiger partial charge in [0.1, 0.15) is 11.5 Å². The number of piperidine rings is 1. The first-order chi connectivity index (χ1) is 13.2. The van der Waals surface area contributed by atoms with E-state index in [2.05, 4.69) is 19.8 Å². The molecule has 0 spiro atoms. The molecule has 0 N–H and O–H groups in total. The van der Waals surface area contributed by atoms with Crippen LogP contribution in [0.25, 0.3) is 0 Å². The van der Waals surface area contributed by atoms with E-state index in [1.807, 2.05) is 29.2 Å². The minimum Gasteiger partial charge on any atom is -0.368 e. The van der Waals surface area contributed by atoms with Crippen LogP contribution in [0.5, 0.6) is 0 Å². The summed E-state index contributed by atoms with van der Waals surface area (Å²) in [5, 5.41) is 0.732. The van der Waals surface area contributed by atoms with E-state index in [0.717, 1.165) is 42.7 Å². The van der Waals surface area contributed by atoms with Gasteiger partial charge in [0, 0.05) is 50.0 Å². The minimum absolute atomic E-state index is 0.0431. The van der Waals surface area contributed by atoms with E-state index in [9.17, 15) is 4.79 Å². The number of nitrogens with zero attached hydrogens (tertiary/aromatic N) is 5. The number of piperazine rings is 1. The number of halogens is 1. The standard InChI is InChI=1S/C20H24ClN5O/c21-16-5-4-6-17(13-16)24-9-11-26(12-10-24)20(27)18-14-23-19(15-22-18)25-7-2-1-3-8-25/h4-6,13-15H,1-3,7-12H2. The van der Waals surface area contributed by atoms with Gasteiger partial charge in [0.2, 0.25) is 0 Å². The monoisotopic (exact) mass is 385 g/mol. The lowest BCUT2D eigenvalue weighted by molar-refractivity contribution is 0.0740. The Bertz CT molecular complexity index is 783. The number of carbonyl (C=O) groups excluding carboxylic acids is 1. The van der Waals surface area contributed by atoms with Crippen LogP contribution < -0.4 is 9.80 Å². The Morgan fingerprint density at radius 1 is 0.889 bits per heavy atom. The van der Waals surface area contributed by atoms with Gasteiger partial charge in [0.25, 0.3) is 5.91 Å². The molecule has 142 valence electrons. The molecule has 2 aromatic rings. The second kappa shape index (κ2) is 8.13. The summed E-state index contributed by atoms with van der Waals surface area (Å²) >= 11 is 6.08. The van der Waals surface area contributed by atoms with Crippen molar-refractivity contribution in [3.63, 3.8) is 0 Å². The Morgan fingerprint density at radius 3 is 2.33 bits per heavy atom. The molecule has 6 nitrogen and oxygen atoms in total. The fraction of sp³-hybridized carbons (Fsp3) is 0.450. The van der Waals surface area contributed by atoms with Gasteiger partial charge in [-0.2, -0.15) is 0 Å². The van der Waals surface area contributed by atoms with Crippen molar-refractivity contribution in [1.82, 2.24) is 14.9 Å². The van der Waals surface area contributed by atoms with Crippen molar-refractivity contribution in [3.05, 3.63) is 47.4 Å². The Balaban J connectivity index is 1.36. The SMILES string of the molecule is O=C(c1cnc(N2CCCCC2)cn1)N1CCN(c2cccc(Cl)c2)CC1. The number of benzene rings is 1. The first-order valence-corrected chi connectivity index (χ1v) is 9.95. The van der Waals surface area contributed by atoms with Crippen molar-refractivity contribution in [2.24, 2.45) is 0 Å². The molecule has 2 fully saturated rings. The topological polar surface area (TPSA) is 52.6 Å². The van der Waals surface area contributed by atoms with Crippen molar-refractivity contribution in [2.45, 2.75) is 19.3 Å². The van der Waals surface area contributed by atoms with E-state index in [4.69, 9.17) is 11.6 Å². The van der Waals surface area contributed by atoms with Crippen LogP contribution in [0, 0.1) is 0 Å². The molecule has 0 radical (unpaired) electrons. The van der Waals surface area contributed by atoms with Crippen LogP contribution in [0.2, 0.25) is 5.02 Å². The molecule has 2 saturated heterocycles. The third kappa shape index (κ3) is 4.16. The summed E-state index contributed by atoms with van der Waals surface area (Å²) in [6.45, 7) is 4.94. The van der Waals surface area contributed by atoms with Gasteiger partial charge in [0.05, 0.1) is 12.4 Å². The molecule has 3 heterocycles. The van der Waals surface area contributed by atoms with E-state index in [-0.39, 0.29) is 5.91 Å². The highest BCUT2D eigenvalue weighted by atomic mass is 35.5. The predicted octanol–water partition coefficient (Wildman–Crippen LogP) is 3.08. The molecule has 1 aromatic carbocycles. The summed E-state index contributed by atoms with van der Waals surface area (Å²) in [4.78, 5) is 28.0. The molecule has 1 amide bonds. The Hall–Kier alpha value is -2.34. The maximum atomic E-state index is 12.8. The lowest BCUT2D eigenvalue weighted by atomic mass is 10.1. The van der Waals surface area contributed by atoms with E-state index in [0.29, 0.717) is 18.8 Å². The fourth-order valence-corrected chi connectivity index (χ4v) is 3.91. The fourth-order valence-electron chi connectivity index (χ4n) is 3.72. The summed E-state index contributed by atoms with van der Waals surface area (Å²) in [6.07, 6.45) is 7.02. The minimum atomic E-state index is -0.0431. The van der Waals surface area contributed by atoms with Crippen LogP contribution in [-0.2, 0) is 0 Å². The van der Waals surface area contributed by atoms with Crippen LogP contribution in [0.3, 0.4) is 0 Å². The van der Waals surface area contributed by atoms with Gasteiger partial charge < -0.3 is 14.7 Å². The van der Waals surface area contributed by atoms with Gasteiger partial charge in [0.15, 0.2) is 0 Å². The zero-order valence-electron chi connectivity index (χ0n) is 15.4. The smallest absolute Gasteiger partial charge is 0.274 e. The van der Waals surface area contributed by atoms with Gasteiger partial charge in [-0.3, -0.25) is 4.79 Å². The first-order valence-electron chi connectivity index (χ1n) is 9.57. The van der Waals surface area contributed by atoms with Gasteiger partial charge in [-0.05, 0) is 37.5 Å². The molecule has 4 rings (SSSR count). The third-order valence-electron chi connectivity index (χ3n) is 5.28. The molecule has 0 bridgehead atoms. The summed E-state index contributed by atoms with van der Waals surface area (Å²) in [5.41, 5.74) is 1.52.